The van der Waals surface area contributed by atoms with Gasteiger partial charge in [-0.05, 0) is 12.5 Å². The van der Waals surface area contributed by atoms with E-state index in [1.165, 1.54) is 5.22 Å². The second kappa shape index (κ2) is 1.72. The SMILES string of the molecule is C1=c2cc[nH]c2=NCC1.[HH]. The van der Waals surface area contributed by atoms with Gasteiger partial charge < -0.3 is 4.98 Å². The van der Waals surface area contributed by atoms with Crippen molar-refractivity contribution in [3.05, 3.63) is 23.0 Å². The van der Waals surface area contributed by atoms with E-state index < -0.39 is 0 Å². The molecule has 1 aromatic heterocycles. The van der Waals surface area contributed by atoms with Crippen molar-refractivity contribution in [1.29, 1.82) is 0 Å². The number of aromatic amines is 1. The summed E-state index contributed by atoms with van der Waals surface area (Å²) < 4.78 is 0. The molecule has 0 bridgehead atoms. The van der Waals surface area contributed by atoms with Crippen molar-refractivity contribution in [2.45, 2.75) is 6.42 Å². The molecule has 0 spiro atoms. The van der Waals surface area contributed by atoms with E-state index in [9.17, 15) is 0 Å². The minimum absolute atomic E-state index is 0. The highest BCUT2D eigenvalue weighted by Gasteiger charge is 1.91. The first-order valence-electron chi connectivity index (χ1n) is 3.15. The molecule has 0 saturated carbocycles. The third-order valence-electron chi connectivity index (χ3n) is 1.52. The summed E-state index contributed by atoms with van der Waals surface area (Å²) in [7, 11) is 0. The van der Waals surface area contributed by atoms with Crippen molar-refractivity contribution >= 4 is 6.08 Å². The average Bonchev–Trinajstić information content (AvgIpc) is 2.33. The zero-order valence-corrected chi connectivity index (χ0v) is 5.09. The normalized spacial score (nSPS) is 15.6. The van der Waals surface area contributed by atoms with Crippen molar-refractivity contribution in [2.75, 3.05) is 6.54 Å². The summed E-state index contributed by atoms with van der Waals surface area (Å²) in [6.07, 6.45) is 5.22. The van der Waals surface area contributed by atoms with Crippen LogP contribution < -0.4 is 10.7 Å². The third-order valence-corrected chi connectivity index (χ3v) is 1.52. The Morgan fingerprint density at radius 3 is 3.56 bits per heavy atom. The van der Waals surface area contributed by atoms with Gasteiger partial charge in [-0.2, -0.15) is 0 Å². The quantitative estimate of drug-likeness (QED) is 0.504. The van der Waals surface area contributed by atoms with E-state index in [-0.39, 0.29) is 1.43 Å². The standard InChI is InChI=1S/C7H8N2.H2/c1-2-6-3-5-9-7(6)8-4-1;/h2-3,5H,1,4H2,(H,8,9);1H. The molecule has 1 aromatic rings. The van der Waals surface area contributed by atoms with Gasteiger partial charge in [-0.3, -0.25) is 4.99 Å². The molecule has 0 fully saturated rings. The second-order valence-electron chi connectivity index (χ2n) is 2.16. The maximum Gasteiger partial charge on any atom is 0.132 e. The van der Waals surface area contributed by atoms with Gasteiger partial charge in [0, 0.05) is 19.4 Å². The molecule has 0 radical (unpaired) electrons. The molecular formula is C7H10N2. The van der Waals surface area contributed by atoms with Crippen LogP contribution in [-0.2, 0) is 0 Å². The molecule has 1 N–H and O–H groups in total. The van der Waals surface area contributed by atoms with E-state index in [0.29, 0.717) is 0 Å². The minimum atomic E-state index is 0. The van der Waals surface area contributed by atoms with Crippen LogP contribution in [0.3, 0.4) is 0 Å². The van der Waals surface area contributed by atoms with Gasteiger partial charge >= 0.3 is 0 Å². The van der Waals surface area contributed by atoms with E-state index in [0.717, 1.165) is 18.5 Å². The summed E-state index contributed by atoms with van der Waals surface area (Å²) in [5.41, 5.74) is 1.04. The highest BCUT2D eigenvalue weighted by Crippen LogP contribution is 1.83. The zero-order chi connectivity index (χ0) is 6.10. The van der Waals surface area contributed by atoms with E-state index >= 15 is 0 Å². The summed E-state index contributed by atoms with van der Waals surface area (Å²) in [6.45, 7) is 0.938. The lowest BCUT2D eigenvalue weighted by molar-refractivity contribution is 0.936. The van der Waals surface area contributed by atoms with E-state index in [2.05, 4.69) is 22.1 Å². The molecule has 2 rings (SSSR count). The summed E-state index contributed by atoms with van der Waals surface area (Å²) >= 11 is 0. The predicted octanol–water partition coefficient (Wildman–Crippen LogP) is 0.0645. The Bertz CT molecular complexity index is 282. The summed E-state index contributed by atoms with van der Waals surface area (Å²) in [5.74, 6) is 0. The maximum atomic E-state index is 4.27. The van der Waals surface area contributed by atoms with E-state index in [1.807, 2.05) is 6.20 Å². The van der Waals surface area contributed by atoms with Crippen LogP contribution in [0.15, 0.2) is 17.3 Å². The Balaban J connectivity index is 0.000000500. The first kappa shape index (κ1) is 4.79. The zero-order valence-electron chi connectivity index (χ0n) is 5.09. The van der Waals surface area contributed by atoms with Crippen molar-refractivity contribution < 1.29 is 1.43 Å². The number of aromatic nitrogens is 1. The van der Waals surface area contributed by atoms with Crippen LogP contribution in [0.4, 0.5) is 0 Å². The first-order valence-corrected chi connectivity index (χ1v) is 3.15. The molecule has 1 aliphatic heterocycles. The molecule has 2 heteroatoms. The number of fused-ring (bicyclic) bond motifs is 1. The molecule has 0 aliphatic carbocycles. The Kier molecular flexibility index (Phi) is 0.918. The number of hydrogen-bond donors (Lipinski definition) is 1. The number of H-pyrrole nitrogens is 1. The van der Waals surface area contributed by atoms with Gasteiger partial charge in [0.2, 0.25) is 0 Å². The fraction of sp³-hybridized carbons (Fsp3) is 0.286. The van der Waals surface area contributed by atoms with Crippen LogP contribution in [0.5, 0.6) is 0 Å². The smallest absolute Gasteiger partial charge is 0.132 e. The highest BCUT2D eigenvalue weighted by molar-refractivity contribution is 5.23. The Hall–Kier alpha value is -1.05. The maximum absolute atomic E-state index is 4.27. The van der Waals surface area contributed by atoms with Crippen LogP contribution in [0.1, 0.15) is 7.85 Å². The summed E-state index contributed by atoms with van der Waals surface area (Å²) in [4.78, 5) is 7.33. The van der Waals surface area contributed by atoms with Gasteiger partial charge in [0.25, 0.3) is 0 Å². The van der Waals surface area contributed by atoms with Crippen LogP contribution in [-0.4, -0.2) is 11.5 Å². The Morgan fingerprint density at radius 2 is 2.67 bits per heavy atom. The fourth-order valence-corrected chi connectivity index (χ4v) is 1.07. The molecule has 2 heterocycles. The third kappa shape index (κ3) is 0.669. The molecule has 0 saturated heterocycles. The van der Waals surface area contributed by atoms with Crippen molar-refractivity contribution in [1.82, 2.24) is 4.98 Å². The second-order valence-corrected chi connectivity index (χ2v) is 2.16. The number of rotatable bonds is 0. The molecule has 0 atom stereocenters. The molecule has 2 nitrogen and oxygen atoms in total. The van der Waals surface area contributed by atoms with Gasteiger partial charge in [0.05, 0.1) is 0 Å². The first-order chi connectivity index (χ1) is 4.47. The van der Waals surface area contributed by atoms with Crippen molar-refractivity contribution in [2.24, 2.45) is 4.99 Å². The number of hydrogen-bond acceptors (Lipinski definition) is 1. The van der Waals surface area contributed by atoms with Gasteiger partial charge in [0.15, 0.2) is 0 Å². The van der Waals surface area contributed by atoms with Crippen LogP contribution in [0, 0.1) is 0 Å². The molecule has 1 aliphatic rings. The van der Waals surface area contributed by atoms with Gasteiger partial charge in [0.1, 0.15) is 5.49 Å². The van der Waals surface area contributed by atoms with E-state index in [1.54, 1.807) is 0 Å². The van der Waals surface area contributed by atoms with Crippen LogP contribution in [0.2, 0.25) is 0 Å². The van der Waals surface area contributed by atoms with Crippen LogP contribution >= 0.6 is 0 Å². The average molecular weight is 122 g/mol. The molecule has 0 amide bonds. The van der Waals surface area contributed by atoms with Crippen molar-refractivity contribution in [3.63, 3.8) is 0 Å². The lowest BCUT2D eigenvalue weighted by Crippen LogP contribution is -2.25. The largest absolute Gasteiger partial charge is 0.346 e. The number of nitrogens with one attached hydrogen (secondary N) is 1. The predicted molar refractivity (Wildman–Crippen MR) is 37.6 cm³/mol. The number of nitrogens with zero attached hydrogens (tertiary/aromatic N) is 1. The Labute approximate surface area is 54.4 Å². The lowest BCUT2D eigenvalue weighted by Gasteiger charge is -1.91. The molecule has 0 unspecified atom stereocenters. The topological polar surface area (TPSA) is 28.1 Å². The fourth-order valence-electron chi connectivity index (χ4n) is 1.07. The van der Waals surface area contributed by atoms with Gasteiger partial charge in [-0.25, -0.2) is 0 Å². The van der Waals surface area contributed by atoms with Crippen molar-refractivity contribution in [3.8, 4) is 0 Å². The summed E-state index contributed by atoms with van der Waals surface area (Å²) in [6, 6.07) is 2.05. The minimum Gasteiger partial charge on any atom is -0.346 e. The molecule has 9 heavy (non-hydrogen) atoms. The summed E-state index contributed by atoms with van der Waals surface area (Å²) in [5, 5.41) is 1.25. The van der Waals surface area contributed by atoms with E-state index in [4.69, 9.17) is 0 Å². The highest BCUT2D eigenvalue weighted by atomic mass is 14.8. The monoisotopic (exact) mass is 122 g/mol. The Morgan fingerprint density at radius 1 is 1.67 bits per heavy atom. The lowest BCUT2D eigenvalue weighted by atomic mass is 10.3. The molecular weight excluding hydrogens is 112 g/mol. The van der Waals surface area contributed by atoms with Gasteiger partial charge in [-0.1, -0.05) is 6.08 Å². The molecule has 0 aromatic carbocycles. The molecule has 48 valence electrons. The van der Waals surface area contributed by atoms with Gasteiger partial charge in [-0.15, -0.1) is 0 Å². The van der Waals surface area contributed by atoms with Crippen LogP contribution in [0.25, 0.3) is 6.08 Å².